The van der Waals surface area contributed by atoms with Crippen LogP contribution in [0.3, 0.4) is 0 Å². The van der Waals surface area contributed by atoms with Crippen LogP contribution in [0, 0.1) is 11.5 Å². The molecule has 1 atom stereocenters. The van der Waals surface area contributed by atoms with E-state index in [-0.39, 0.29) is 0 Å². The monoisotopic (exact) mass is 125 g/mol. The summed E-state index contributed by atoms with van der Waals surface area (Å²) in [4.78, 5) is 2.16. The molecule has 0 saturated carbocycles. The van der Waals surface area contributed by atoms with Gasteiger partial charge in [0.15, 0.2) is 6.19 Å². The topological polar surface area (TPSA) is 39.1 Å². The molecule has 0 aromatic carbocycles. The summed E-state index contributed by atoms with van der Waals surface area (Å²) >= 11 is 0. The van der Waals surface area contributed by atoms with E-state index in [0.717, 1.165) is 13.0 Å². The Labute approximate surface area is 55.3 Å². The second-order valence-electron chi connectivity index (χ2n) is 2.39. The minimum absolute atomic E-state index is 0.301. The highest BCUT2D eigenvalue weighted by atomic mass is 15.3. The molecule has 1 N–H and O–H groups in total. The second kappa shape index (κ2) is 2.70. The summed E-state index contributed by atoms with van der Waals surface area (Å²) in [6.07, 6.45) is 4.55. The van der Waals surface area contributed by atoms with Crippen LogP contribution >= 0.6 is 0 Å². The molecule has 1 heterocycles. The van der Waals surface area contributed by atoms with Crippen molar-refractivity contribution in [3.63, 3.8) is 0 Å². The Bertz CT molecular complexity index is 127. The summed E-state index contributed by atoms with van der Waals surface area (Å²) in [5, 5.41) is 11.0. The van der Waals surface area contributed by atoms with E-state index in [4.69, 9.17) is 5.26 Å². The van der Waals surface area contributed by atoms with E-state index < -0.39 is 0 Å². The summed E-state index contributed by atoms with van der Waals surface area (Å²) in [5.74, 6) is 0. The molecule has 1 rings (SSSR count). The Balaban J connectivity index is 2.33. The first kappa shape index (κ1) is 6.37. The summed E-state index contributed by atoms with van der Waals surface area (Å²) in [5.41, 5.74) is 0. The molecule has 50 valence electrons. The number of nitriles is 1. The van der Waals surface area contributed by atoms with Gasteiger partial charge in [-0.3, -0.25) is 4.90 Å². The fraction of sp³-hybridized carbons (Fsp3) is 0.833. The van der Waals surface area contributed by atoms with Crippen molar-refractivity contribution in [2.75, 3.05) is 13.6 Å². The zero-order valence-electron chi connectivity index (χ0n) is 5.59. The fourth-order valence-corrected chi connectivity index (χ4v) is 1.17. The van der Waals surface area contributed by atoms with Crippen molar-refractivity contribution in [1.29, 1.82) is 5.26 Å². The highest BCUT2D eigenvalue weighted by Gasteiger charge is 2.19. The Hall–Kier alpha value is -0.750. The molecule has 0 bridgehead atoms. The highest BCUT2D eigenvalue weighted by molar-refractivity contribution is 4.80. The van der Waals surface area contributed by atoms with Gasteiger partial charge in [-0.05, 0) is 26.4 Å². The molecular formula is C6H11N3. The van der Waals surface area contributed by atoms with Gasteiger partial charge in [-0.15, -0.1) is 0 Å². The molecule has 1 saturated heterocycles. The van der Waals surface area contributed by atoms with Gasteiger partial charge < -0.3 is 5.32 Å². The van der Waals surface area contributed by atoms with Gasteiger partial charge >= 0.3 is 0 Å². The second-order valence-corrected chi connectivity index (χ2v) is 2.39. The third-order valence-corrected chi connectivity index (χ3v) is 1.75. The first-order valence-electron chi connectivity index (χ1n) is 3.19. The molecule has 1 aliphatic heterocycles. The maximum absolute atomic E-state index is 8.26. The molecule has 0 spiro atoms. The minimum Gasteiger partial charge on any atom is -0.307 e. The first-order valence-corrected chi connectivity index (χ1v) is 3.19. The van der Waals surface area contributed by atoms with Gasteiger partial charge in [0.25, 0.3) is 0 Å². The number of hydrogen-bond acceptors (Lipinski definition) is 3. The average Bonchev–Trinajstić information content (AvgIpc) is 2.18. The molecule has 0 aromatic heterocycles. The van der Waals surface area contributed by atoms with Crippen molar-refractivity contribution in [3.05, 3.63) is 0 Å². The Morgan fingerprint density at radius 3 is 3.00 bits per heavy atom. The van der Waals surface area contributed by atoms with Crippen LogP contribution in [-0.2, 0) is 0 Å². The van der Waals surface area contributed by atoms with Crippen molar-refractivity contribution >= 4 is 0 Å². The van der Waals surface area contributed by atoms with Crippen molar-refractivity contribution in [2.45, 2.75) is 19.0 Å². The van der Waals surface area contributed by atoms with Crippen LogP contribution in [0.5, 0.6) is 0 Å². The number of likely N-dealkylation sites (tertiary alicyclic amines) is 1. The lowest BCUT2D eigenvalue weighted by atomic mass is 10.3. The minimum atomic E-state index is 0.301. The Kier molecular flexibility index (Phi) is 1.91. The van der Waals surface area contributed by atoms with Crippen molar-refractivity contribution < 1.29 is 0 Å². The Morgan fingerprint density at radius 1 is 1.78 bits per heavy atom. The summed E-state index contributed by atoms with van der Waals surface area (Å²) in [6.45, 7) is 1.11. The lowest BCUT2D eigenvalue weighted by Crippen LogP contribution is -2.35. The Morgan fingerprint density at radius 2 is 2.56 bits per heavy atom. The number of hydrogen-bond donors (Lipinski definition) is 1. The van der Waals surface area contributed by atoms with Gasteiger partial charge in [-0.25, -0.2) is 0 Å². The standard InChI is InChI=1S/C6H11N3/c1-9-4-2-3-6(9)8-5-7/h6,8H,2-4H2,1H3. The molecule has 0 aromatic rings. The molecule has 9 heavy (non-hydrogen) atoms. The van der Waals surface area contributed by atoms with Crippen molar-refractivity contribution in [2.24, 2.45) is 0 Å². The van der Waals surface area contributed by atoms with Crippen LogP contribution in [0.2, 0.25) is 0 Å². The van der Waals surface area contributed by atoms with Crippen molar-refractivity contribution in [3.8, 4) is 6.19 Å². The molecule has 0 radical (unpaired) electrons. The third-order valence-electron chi connectivity index (χ3n) is 1.75. The maximum atomic E-state index is 8.26. The molecular weight excluding hydrogens is 114 g/mol. The zero-order valence-corrected chi connectivity index (χ0v) is 5.59. The van der Waals surface area contributed by atoms with Gasteiger partial charge in [-0.1, -0.05) is 0 Å². The summed E-state index contributed by atoms with van der Waals surface area (Å²) in [6, 6.07) is 0. The summed E-state index contributed by atoms with van der Waals surface area (Å²) < 4.78 is 0. The molecule has 1 aliphatic rings. The lowest BCUT2D eigenvalue weighted by molar-refractivity contribution is 0.289. The first-order chi connectivity index (χ1) is 4.34. The van der Waals surface area contributed by atoms with Crippen LogP contribution < -0.4 is 5.32 Å². The van der Waals surface area contributed by atoms with E-state index in [1.807, 2.05) is 13.2 Å². The SMILES string of the molecule is CN1CCCC1NC#N. The van der Waals surface area contributed by atoms with Gasteiger partial charge in [0.2, 0.25) is 0 Å². The van der Waals surface area contributed by atoms with Crippen LogP contribution in [0.25, 0.3) is 0 Å². The molecule has 0 amide bonds. The van der Waals surface area contributed by atoms with Gasteiger partial charge in [0.1, 0.15) is 0 Å². The van der Waals surface area contributed by atoms with Crippen LogP contribution in [0.15, 0.2) is 0 Å². The third kappa shape index (κ3) is 1.33. The van der Waals surface area contributed by atoms with Crippen LogP contribution in [0.4, 0.5) is 0 Å². The van der Waals surface area contributed by atoms with Crippen molar-refractivity contribution in [1.82, 2.24) is 10.2 Å². The lowest BCUT2D eigenvalue weighted by Gasteiger charge is -2.16. The quantitative estimate of drug-likeness (QED) is 0.399. The number of nitrogens with one attached hydrogen (secondary N) is 1. The maximum Gasteiger partial charge on any atom is 0.177 e. The van der Waals surface area contributed by atoms with E-state index in [1.165, 1.54) is 6.42 Å². The smallest absolute Gasteiger partial charge is 0.177 e. The van der Waals surface area contributed by atoms with E-state index >= 15 is 0 Å². The van der Waals surface area contributed by atoms with Gasteiger partial charge in [0, 0.05) is 0 Å². The fourth-order valence-electron chi connectivity index (χ4n) is 1.17. The molecule has 1 fully saturated rings. The molecule has 0 aliphatic carbocycles. The van der Waals surface area contributed by atoms with E-state index in [1.54, 1.807) is 0 Å². The van der Waals surface area contributed by atoms with Crippen LogP contribution in [-0.4, -0.2) is 24.7 Å². The highest BCUT2D eigenvalue weighted by Crippen LogP contribution is 2.10. The average molecular weight is 125 g/mol. The normalized spacial score (nSPS) is 27.8. The predicted molar refractivity (Wildman–Crippen MR) is 34.4 cm³/mol. The van der Waals surface area contributed by atoms with Gasteiger partial charge in [-0.2, -0.15) is 5.26 Å². The number of rotatable bonds is 1. The largest absolute Gasteiger partial charge is 0.307 e. The van der Waals surface area contributed by atoms with E-state index in [0.29, 0.717) is 6.17 Å². The van der Waals surface area contributed by atoms with E-state index in [2.05, 4.69) is 10.2 Å². The van der Waals surface area contributed by atoms with E-state index in [9.17, 15) is 0 Å². The van der Waals surface area contributed by atoms with Crippen LogP contribution in [0.1, 0.15) is 12.8 Å². The number of nitrogens with zero attached hydrogens (tertiary/aromatic N) is 2. The molecule has 3 nitrogen and oxygen atoms in total. The van der Waals surface area contributed by atoms with Gasteiger partial charge in [0.05, 0.1) is 6.17 Å². The molecule has 3 heteroatoms. The predicted octanol–water partition coefficient (Wildman–Crippen LogP) is 0.109. The zero-order chi connectivity index (χ0) is 6.69. The molecule has 1 unspecified atom stereocenters. The summed E-state index contributed by atoms with van der Waals surface area (Å²) in [7, 11) is 2.03.